The number of nitrogens with zero attached hydrogens (tertiary/aromatic N) is 3. The molecule has 0 bridgehead atoms. The van der Waals surface area contributed by atoms with E-state index >= 15 is 0 Å². The maximum atomic E-state index is 12.7. The van der Waals surface area contributed by atoms with E-state index in [9.17, 15) is 14.9 Å². The number of hydrogen-bond donors (Lipinski definition) is 0. The molecule has 1 heterocycles. The highest BCUT2D eigenvalue weighted by atomic mass is 16.6. The third-order valence-electron chi connectivity index (χ3n) is 4.77. The van der Waals surface area contributed by atoms with E-state index in [4.69, 9.17) is 0 Å². The van der Waals surface area contributed by atoms with Gasteiger partial charge in [0.25, 0.3) is 11.6 Å². The van der Waals surface area contributed by atoms with Crippen molar-refractivity contribution in [3.05, 3.63) is 81.4 Å². The average Bonchev–Trinajstić information content (AvgIpc) is 2.68. The van der Waals surface area contributed by atoms with E-state index in [1.54, 1.807) is 19.1 Å². The average molecular weight is 365 g/mol. The van der Waals surface area contributed by atoms with Gasteiger partial charge in [0.1, 0.15) is 0 Å². The summed E-state index contributed by atoms with van der Waals surface area (Å²) in [6.07, 6.45) is 4.25. The van der Waals surface area contributed by atoms with E-state index in [0.717, 1.165) is 19.6 Å². The number of carbonyl (C=O) groups is 1. The van der Waals surface area contributed by atoms with Crippen molar-refractivity contribution in [2.24, 2.45) is 0 Å². The first-order valence-electron chi connectivity index (χ1n) is 9.03. The van der Waals surface area contributed by atoms with Crippen molar-refractivity contribution in [2.75, 3.05) is 32.7 Å². The van der Waals surface area contributed by atoms with E-state index in [1.807, 2.05) is 23.1 Å². The van der Waals surface area contributed by atoms with Crippen molar-refractivity contribution >= 4 is 17.7 Å². The molecule has 0 unspecified atom stereocenters. The fourth-order valence-corrected chi connectivity index (χ4v) is 3.21. The Labute approximate surface area is 158 Å². The second kappa shape index (κ2) is 8.60. The molecule has 0 aliphatic carbocycles. The summed E-state index contributed by atoms with van der Waals surface area (Å²) in [5.41, 5.74) is 2.24. The lowest BCUT2D eigenvalue weighted by Crippen LogP contribution is -2.48. The molecule has 0 N–H and O–H groups in total. The van der Waals surface area contributed by atoms with E-state index in [-0.39, 0.29) is 11.6 Å². The molecule has 1 fully saturated rings. The number of amides is 1. The topological polar surface area (TPSA) is 66.7 Å². The Balaban J connectivity index is 1.53. The highest BCUT2D eigenvalue weighted by molar-refractivity contribution is 5.94. The quantitative estimate of drug-likeness (QED) is 0.602. The Morgan fingerprint density at radius 2 is 1.81 bits per heavy atom. The van der Waals surface area contributed by atoms with E-state index < -0.39 is 4.92 Å². The minimum Gasteiger partial charge on any atom is -0.336 e. The summed E-state index contributed by atoms with van der Waals surface area (Å²) in [6, 6.07) is 14.7. The first-order chi connectivity index (χ1) is 13.0. The third kappa shape index (κ3) is 4.80. The van der Waals surface area contributed by atoms with Crippen molar-refractivity contribution in [1.82, 2.24) is 9.80 Å². The van der Waals surface area contributed by atoms with Crippen LogP contribution in [0.4, 0.5) is 5.69 Å². The number of benzene rings is 2. The summed E-state index contributed by atoms with van der Waals surface area (Å²) < 4.78 is 0. The zero-order valence-electron chi connectivity index (χ0n) is 15.4. The van der Waals surface area contributed by atoms with Crippen LogP contribution in [0.25, 0.3) is 6.08 Å². The lowest BCUT2D eigenvalue weighted by Gasteiger charge is -2.34. The van der Waals surface area contributed by atoms with Gasteiger partial charge in [0.15, 0.2) is 0 Å². The van der Waals surface area contributed by atoms with Gasteiger partial charge in [-0.2, -0.15) is 0 Å². The highest BCUT2D eigenvalue weighted by Crippen LogP contribution is 2.20. The number of piperazine rings is 1. The molecule has 0 radical (unpaired) electrons. The van der Waals surface area contributed by atoms with Crippen LogP contribution in [0.5, 0.6) is 0 Å². The SMILES string of the molecule is Cc1cc(C(=O)N2CCN(C/C=C\c3ccccc3)CC2)ccc1[N+](=O)[O-]. The van der Waals surface area contributed by atoms with Crippen molar-refractivity contribution < 1.29 is 9.72 Å². The monoisotopic (exact) mass is 365 g/mol. The molecule has 6 heteroatoms. The van der Waals surface area contributed by atoms with Crippen LogP contribution in [0.15, 0.2) is 54.6 Å². The second-order valence-electron chi connectivity index (χ2n) is 6.66. The summed E-state index contributed by atoms with van der Waals surface area (Å²) in [5.74, 6) is -0.0625. The fourth-order valence-electron chi connectivity index (χ4n) is 3.21. The Morgan fingerprint density at radius 1 is 1.11 bits per heavy atom. The van der Waals surface area contributed by atoms with E-state index in [1.165, 1.54) is 11.6 Å². The van der Waals surface area contributed by atoms with E-state index in [0.29, 0.717) is 24.2 Å². The molecule has 2 aromatic rings. The number of nitro benzene ring substituents is 1. The van der Waals surface area contributed by atoms with Gasteiger partial charge in [-0.15, -0.1) is 0 Å². The Bertz CT molecular complexity index is 841. The zero-order valence-corrected chi connectivity index (χ0v) is 15.4. The van der Waals surface area contributed by atoms with Crippen molar-refractivity contribution in [3.63, 3.8) is 0 Å². The Morgan fingerprint density at radius 3 is 2.44 bits per heavy atom. The molecule has 0 aromatic heterocycles. The van der Waals surface area contributed by atoms with Crippen molar-refractivity contribution in [1.29, 1.82) is 0 Å². The van der Waals surface area contributed by atoms with Gasteiger partial charge in [0, 0.05) is 49.9 Å². The number of rotatable bonds is 5. The normalized spacial score (nSPS) is 15.2. The van der Waals surface area contributed by atoms with Gasteiger partial charge < -0.3 is 4.90 Å². The molecule has 1 aliphatic heterocycles. The fraction of sp³-hybridized carbons (Fsp3) is 0.286. The Hall–Kier alpha value is -2.99. The maximum Gasteiger partial charge on any atom is 0.272 e. The largest absolute Gasteiger partial charge is 0.336 e. The Kier molecular flexibility index (Phi) is 5.98. The predicted molar refractivity (Wildman–Crippen MR) is 106 cm³/mol. The molecule has 140 valence electrons. The van der Waals surface area contributed by atoms with Gasteiger partial charge in [-0.1, -0.05) is 42.5 Å². The molecule has 1 aliphatic rings. The molecule has 6 nitrogen and oxygen atoms in total. The van der Waals surface area contributed by atoms with E-state index in [2.05, 4.69) is 29.2 Å². The minimum absolute atomic E-state index is 0.0431. The van der Waals surface area contributed by atoms with Gasteiger partial charge >= 0.3 is 0 Å². The molecule has 0 saturated carbocycles. The van der Waals surface area contributed by atoms with Gasteiger partial charge in [-0.25, -0.2) is 0 Å². The molecule has 2 aromatic carbocycles. The zero-order chi connectivity index (χ0) is 19.2. The molecule has 1 amide bonds. The van der Waals surface area contributed by atoms with Crippen LogP contribution in [-0.4, -0.2) is 53.4 Å². The summed E-state index contributed by atoms with van der Waals surface area (Å²) in [5, 5.41) is 10.9. The molecular weight excluding hydrogens is 342 g/mol. The lowest BCUT2D eigenvalue weighted by atomic mass is 10.1. The standard InChI is InChI=1S/C21H23N3O3/c1-17-16-19(9-10-20(17)24(26)27)21(25)23-14-12-22(13-15-23)11-5-8-18-6-3-2-4-7-18/h2-10,16H,11-15H2,1H3/b8-5-. The van der Waals surface area contributed by atoms with Gasteiger partial charge in [0.2, 0.25) is 0 Å². The van der Waals surface area contributed by atoms with Crippen molar-refractivity contribution in [2.45, 2.75) is 6.92 Å². The second-order valence-corrected chi connectivity index (χ2v) is 6.66. The third-order valence-corrected chi connectivity index (χ3v) is 4.77. The van der Waals surface area contributed by atoms with Crippen LogP contribution in [-0.2, 0) is 0 Å². The molecule has 27 heavy (non-hydrogen) atoms. The molecule has 3 rings (SSSR count). The van der Waals surface area contributed by atoms with Crippen LogP contribution in [0.3, 0.4) is 0 Å². The van der Waals surface area contributed by atoms with Gasteiger partial charge in [-0.05, 0) is 24.6 Å². The predicted octanol–water partition coefficient (Wildman–Crippen LogP) is 3.37. The molecular formula is C21H23N3O3. The number of hydrogen-bond acceptors (Lipinski definition) is 4. The van der Waals surface area contributed by atoms with Crippen LogP contribution >= 0.6 is 0 Å². The molecule has 0 spiro atoms. The highest BCUT2D eigenvalue weighted by Gasteiger charge is 2.22. The number of aryl methyl sites for hydroxylation is 1. The van der Waals surface area contributed by atoms with Crippen LogP contribution < -0.4 is 0 Å². The minimum atomic E-state index is -0.425. The smallest absolute Gasteiger partial charge is 0.272 e. The van der Waals surface area contributed by atoms with Crippen LogP contribution in [0.1, 0.15) is 21.5 Å². The number of nitro groups is 1. The maximum absolute atomic E-state index is 12.7. The lowest BCUT2D eigenvalue weighted by molar-refractivity contribution is -0.385. The van der Waals surface area contributed by atoms with Gasteiger partial charge in [-0.3, -0.25) is 19.8 Å². The summed E-state index contributed by atoms with van der Waals surface area (Å²) in [4.78, 5) is 27.3. The van der Waals surface area contributed by atoms with Crippen LogP contribution in [0.2, 0.25) is 0 Å². The molecule has 0 atom stereocenters. The molecule has 1 saturated heterocycles. The van der Waals surface area contributed by atoms with Crippen LogP contribution in [0, 0.1) is 17.0 Å². The van der Waals surface area contributed by atoms with Gasteiger partial charge in [0.05, 0.1) is 4.92 Å². The number of carbonyl (C=O) groups excluding carboxylic acids is 1. The first-order valence-corrected chi connectivity index (χ1v) is 9.03. The summed E-state index contributed by atoms with van der Waals surface area (Å²) in [7, 11) is 0. The first kappa shape index (κ1) is 18.8. The summed E-state index contributed by atoms with van der Waals surface area (Å²) in [6.45, 7) is 5.47. The van der Waals surface area contributed by atoms with Crippen molar-refractivity contribution in [3.8, 4) is 0 Å². The summed E-state index contributed by atoms with van der Waals surface area (Å²) >= 11 is 0.